The van der Waals surface area contributed by atoms with Gasteiger partial charge in [-0.25, -0.2) is 4.79 Å². The number of carbonyl (C=O) groups is 1. The number of nitro benzene ring substituents is 1. The van der Waals surface area contributed by atoms with Crippen LogP contribution in [-0.4, -0.2) is 37.0 Å². The molecule has 11 heteroatoms. The number of hydrogen-bond donors (Lipinski definition) is 1. The number of non-ortho nitro benzene ring substituents is 1. The smallest absolute Gasteiger partial charge is 0.388 e. The molecule has 10 nitrogen and oxygen atoms in total. The van der Waals surface area contributed by atoms with Crippen molar-refractivity contribution in [3.05, 3.63) is 79.4 Å². The van der Waals surface area contributed by atoms with Gasteiger partial charge in [0.25, 0.3) is 11.6 Å². The van der Waals surface area contributed by atoms with Crippen LogP contribution in [0.25, 0.3) is 22.4 Å². The quantitative estimate of drug-likeness (QED) is 0.373. The molecule has 0 atom stereocenters. The van der Waals surface area contributed by atoms with E-state index in [1.807, 2.05) is 18.2 Å². The van der Waals surface area contributed by atoms with Gasteiger partial charge in [0.1, 0.15) is 6.54 Å². The number of aromatic nitrogens is 3. The standard InChI is InChI=1S/C21H16ClN5O5/c22-16-9-12(27(30)31)5-6-15(16)20-24-26(21(29)32-20)11-19(28)25-8-7-14-13-3-1-2-4-17(13)23-18(14)10-25/h1-6,9,23H,7-8,10-11H2. The van der Waals surface area contributed by atoms with E-state index in [2.05, 4.69) is 16.1 Å². The Kier molecular flexibility index (Phi) is 4.78. The van der Waals surface area contributed by atoms with E-state index < -0.39 is 10.7 Å². The maximum absolute atomic E-state index is 12.8. The van der Waals surface area contributed by atoms with Gasteiger partial charge in [0, 0.05) is 35.3 Å². The zero-order chi connectivity index (χ0) is 22.4. The van der Waals surface area contributed by atoms with Crippen LogP contribution in [0.15, 0.2) is 51.7 Å². The minimum absolute atomic E-state index is 0.0151. The van der Waals surface area contributed by atoms with Crippen molar-refractivity contribution >= 4 is 34.1 Å². The third-order valence-corrected chi connectivity index (χ3v) is 5.83. The lowest BCUT2D eigenvalue weighted by Gasteiger charge is -2.26. The zero-order valence-electron chi connectivity index (χ0n) is 16.6. The van der Waals surface area contributed by atoms with Crippen molar-refractivity contribution in [2.24, 2.45) is 0 Å². The Bertz CT molecular complexity index is 1440. The number of nitro groups is 1. The maximum atomic E-state index is 12.8. The molecule has 0 spiro atoms. The average Bonchev–Trinajstić information content (AvgIpc) is 3.33. The van der Waals surface area contributed by atoms with Crippen molar-refractivity contribution in [3.63, 3.8) is 0 Å². The van der Waals surface area contributed by atoms with Gasteiger partial charge in [0.2, 0.25) is 5.91 Å². The van der Waals surface area contributed by atoms with E-state index in [9.17, 15) is 19.7 Å². The van der Waals surface area contributed by atoms with E-state index >= 15 is 0 Å². The highest BCUT2D eigenvalue weighted by molar-refractivity contribution is 6.33. The predicted molar refractivity (Wildman–Crippen MR) is 115 cm³/mol. The molecule has 1 N–H and O–H groups in total. The number of aromatic amines is 1. The van der Waals surface area contributed by atoms with Crippen LogP contribution in [0.3, 0.4) is 0 Å². The summed E-state index contributed by atoms with van der Waals surface area (Å²) in [5.41, 5.74) is 3.25. The molecule has 32 heavy (non-hydrogen) atoms. The summed E-state index contributed by atoms with van der Waals surface area (Å²) in [6.45, 7) is 0.653. The number of benzene rings is 2. The van der Waals surface area contributed by atoms with Crippen LogP contribution in [0, 0.1) is 10.1 Å². The van der Waals surface area contributed by atoms with Crippen LogP contribution in [0.5, 0.6) is 0 Å². The topological polar surface area (TPSA) is 127 Å². The molecule has 1 aliphatic rings. The van der Waals surface area contributed by atoms with Crippen LogP contribution in [-0.2, 0) is 24.3 Å². The molecule has 2 aromatic heterocycles. The van der Waals surface area contributed by atoms with Gasteiger partial charge < -0.3 is 14.3 Å². The number of fused-ring (bicyclic) bond motifs is 3. The molecule has 5 rings (SSSR count). The fourth-order valence-electron chi connectivity index (χ4n) is 3.94. The predicted octanol–water partition coefficient (Wildman–Crippen LogP) is 3.13. The van der Waals surface area contributed by atoms with Gasteiger partial charge in [-0.15, -0.1) is 5.10 Å². The highest BCUT2D eigenvalue weighted by Gasteiger charge is 2.25. The van der Waals surface area contributed by atoms with E-state index in [4.69, 9.17) is 16.0 Å². The Morgan fingerprint density at radius 2 is 2.09 bits per heavy atom. The molecule has 0 saturated carbocycles. The molecule has 3 heterocycles. The number of rotatable bonds is 4. The molecule has 0 radical (unpaired) electrons. The lowest BCUT2D eigenvalue weighted by atomic mass is 10.0. The van der Waals surface area contributed by atoms with Crippen LogP contribution in [0.4, 0.5) is 5.69 Å². The maximum Gasteiger partial charge on any atom is 0.437 e. The summed E-state index contributed by atoms with van der Waals surface area (Å²) in [7, 11) is 0. The van der Waals surface area contributed by atoms with Crippen molar-refractivity contribution in [1.29, 1.82) is 0 Å². The molecule has 4 aromatic rings. The summed E-state index contributed by atoms with van der Waals surface area (Å²) in [5.74, 6) is -1.20. The third kappa shape index (κ3) is 3.44. The van der Waals surface area contributed by atoms with Gasteiger partial charge >= 0.3 is 5.76 Å². The number of amides is 1. The summed E-state index contributed by atoms with van der Waals surface area (Å²) < 4.78 is 6.06. The van der Waals surface area contributed by atoms with Crippen molar-refractivity contribution in [2.45, 2.75) is 19.5 Å². The lowest BCUT2D eigenvalue weighted by Crippen LogP contribution is -2.39. The molecule has 0 aliphatic carbocycles. The molecular formula is C21H16ClN5O5. The lowest BCUT2D eigenvalue weighted by molar-refractivity contribution is -0.384. The van der Waals surface area contributed by atoms with Gasteiger partial charge in [-0.2, -0.15) is 4.68 Å². The first-order chi connectivity index (χ1) is 15.4. The fraction of sp³-hybridized carbons (Fsp3) is 0.190. The molecule has 0 fully saturated rings. The van der Waals surface area contributed by atoms with Crippen molar-refractivity contribution in [2.75, 3.05) is 6.54 Å². The number of H-pyrrole nitrogens is 1. The summed E-state index contributed by atoms with van der Waals surface area (Å²) in [5, 5.41) is 16.1. The largest absolute Gasteiger partial charge is 0.437 e. The highest BCUT2D eigenvalue weighted by Crippen LogP contribution is 2.30. The minimum Gasteiger partial charge on any atom is -0.388 e. The van der Waals surface area contributed by atoms with E-state index in [1.165, 1.54) is 17.7 Å². The second-order valence-corrected chi connectivity index (χ2v) is 7.85. The van der Waals surface area contributed by atoms with Crippen LogP contribution >= 0.6 is 11.6 Å². The van der Waals surface area contributed by atoms with Gasteiger partial charge in [0.05, 0.1) is 22.1 Å². The third-order valence-electron chi connectivity index (χ3n) is 5.52. The van der Waals surface area contributed by atoms with Crippen LogP contribution in [0.1, 0.15) is 11.3 Å². The number of nitrogens with one attached hydrogen (secondary N) is 1. The minimum atomic E-state index is -0.814. The number of hydrogen-bond acceptors (Lipinski definition) is 6. The Balaban J connectivity index is 1.35. The Morgan fingerprint density at radius 3 is 2.88 bits per heavy atom. The van der Waals surface area contributed by atoms with Crippen molar-refractivity contribution in [1.82, 2.24) is 19.7 Å². The van der Waals surface area contributed by atoms with Gasteiger partial charge in [-0.3, -0.25) is 14.9 Å². The van der Waals surface area contributed by atoms with Crippen LogP contribution < -0.4 is 5.76 Å². The fourth-order valence-corrected chi connectivity index (χ4v) is 4.20. The second-order valence-electron chi connectivity index (χ2n) is 7.45. The van der Waals surface area contributed by atoms with Gasteiger partial charge in [-0.05, 0) is 24.1 Å². The van der Waals surface area contributed by atoms with E-state index in [1.54, 1.807) is 4.90 Å². The number of nitrogens with zero attached hydrogens (tertiary/aromatic N) is 4. The van der Waals surface area contributed by atoms with E-state index in [0.29, 0.717) is 19.5 Å². The summed E-state index contributed by atoms with van der Waals surface area (Å²) in [4.78, 5) is 40.4. The zero-order valence-corrected chi connectivity index (χ0v) is 17.3. The van der Waals surface area contributed by atoms with Crippen molar-refractivity contribution < 1.29 is 14.1 Å². The Labute approximate surface area is 185 Å². The molecule has 162 valence electrons. The first-order valence-corrected chi connectivity index (χ1v) is 10.2. The van der Waals surface area contributed by atoms with Crippen LogP contribution in [0.2, 0.25) is 5.02 Å². The molecule has 1 amide bonds. The van der Waals surface area contributed by atoms with Gasteiger partial charge in [-0.1, -0.05) is 29.8 Å². The molecule has 2 aromatic carbocycles. The van der Waals surface area contributed by atoms with E-state index in [0.717, 1.165) is 27.3 Å². The molecular weight excluding hydrogens is 438 g/mol. The molecule has 0 bridgehead atoms. The molecule has 0 unspecified atom stereocenters. The Hall–Kier alpha value is -3.92. The number of carbonyl (C=O) groups excluding carboxylic acids is 1. The molecule has 0 saturated heterocycles. The molecule has 1 aliphatic heterocycles. The first-order valence-electron chi connectivity index (χ1n) is 9.79. The number of halogens is 1. The summed E-state index contributed by atoms with van der Waals surface area (Å²) in [6, 6.07) is 11.7. The van der Waals surface area contributed by atoms with E-state index in [-0.39, 0.29) is 34.6 Å². The second kappa shape index (κ2) is 7.65. The Morgan fingerprint density at radius 1 is 1.28 bits per heavy atom. The normalized spacial score (nSPS) is 13.3. The van der Waals surface area contributed by atoms with Gasteiger partial charge in [0.15, 0.2) is 0 Å². The van der Waals surface area contributed by atoms with Crippen molar-refractivity contribution in [3.8, 4) is 11.5 Å². The summed E-state index contributed by atoms with van der Waals surface area (Å²) >= 11 is 6.08. The number of para-hydroxylation sites is 1. The average molecular weight is 454 g/mol. The SMILES string of the molecule is O=C(Cn1nc(-c2ccc([N+](=O)[O-])cc2Cl)oc1=O)N1CCc2c([nH]c3ccccc23)C1. The highest BCUT2D eigenvalue weighted by atomic mass is 35.5. The first kappa shape index (κ1) is 20.0. The monoisotopic (exact) mass is 453 g/mol. The summed E-state index contributed by atoms with van der Waals surface area (Å²) in [6.07, 6.45) is 0.711.